The molecule has 0 aromatic carbocycles. The summed E-state index contributed by atoms with van der Waals surface area (Å²) >= 11 is 4.71. The zero-order chi connectivity index (χ0) is 10.4. The lowest BCUT2D eigenvalue weighted by Gasteiger charge is -2.07. The van der Waals surface area contributed by atoms with Crippen LogP contribution in [0.1, 0.15) is 0 Å². The number of aromatic nitrogens is 1. The highest BCUT2D eigenvalue weighted by molar-refractivity contribution is 9.10. The van der Waals surface area contributed by atoms with Crippen molar-refractivity contribution in [1.29, 1.82) is 0 Å². The van der Waals surface area contributed by atoms with Gasteiger partial charge >= 0.3 is 0 Å². The lowest BCUT2D eigenvalue weighted by atomic mass is 10.5. The first-order chi connectivity index (χ1) is 6.77. The molecule has 0 radical (unpaired) electrons. The summed E-state index contributed by atoms with van der Waals surface area (Å²) in [5.74, 6) is 0.573. The monoisotopic (exact) mass is 278 g/mol. The number of halogens is 1. The fourth-order valence-electron chi connectivity index (χ4n) is 0.809. The third-order valence-electron chi connectivity index (χ3n) is 1.37. The number of aliphatic hydroxyl groups is 1. The number of rotatable bonds is 5. The fourth-order valence-corrected chi connectivity index (χ4v) is 2.05. The van der Waals surface area contributed by atoms with Crippen molar-refractivity contribution in [3.05, 3.63) is 16.7 Å². The van der Waals surface area contributed by atoms with Gasteiger partial charge in [0.05, 0.1) is 18.6 Å². The van der Waals surface area contributed by atoms with E-state index >= 15 is 0 Å². The Morgan fingerprint density at radius 1 is 1.71 bits per heavy atom. The summed E-state index contributed by atoms with van der Waals surface area (Å²) in [6, 6.07) is 1.90. The van der Waals surface area contributed by atoms with E-state index in [9.17, 15) is 0 Å². The van der Waals surface area contributed by atoms with Crippen molar-refractivity contribution >= 4 is 27.9 Å². The van der Waals surface area contributed by atoms with E-state index in [-0.39, 0.29) is 6.61 Å². The molecule has 0 saturated carbocycles. The lowest BCUT2D eigenvalue weighted by Crippen LogP contribution is -2.09. The molecule has 0 aliphatic heterocycles. The predicted octanol–water partition coefficient (Wildman–Crippen LogP) is 1.44. The number of ether oxygens (including phenoxy) is 1. The molecule has 1 heterocycles. The average Bonchev–Trinajstić information content (AvgIpc) is 2.19. The van der Waals surface area contributed by atoms with Crippen LogP contribution in [0.5, 0.6) is 5.88 Å². The van der Waals surface area contributed by atoms with Crippen molar-refractivity contribution < 1.29 is 9.84 Å². The third-order valence-corrected chi connectivity index (χ3v) is 2.67. The molecule has 78 valence electrons. The van der Waals surface area contributed by atoms with Gasteiger partial charge in [0.25, 0.3) is 0 Å². The van der Waals surface area contributed by atoms with Crippen LogP contribution in [0.4, 0.5) is 0 Å². The van der Waals surface area contributed by atoms with E-state index in [1.807, 2.05) is 6.07 Å². The van der Waals surface area contributed by atoms with Gasteiger partial charge in [0.2, 0.25) is 5.88 Å². The Morgan fingerprint density at radius 3 is 3.14 bits per heavy atom. The highest BCUT2D eigenvalue weighted by Gasteiger charge is 2.05. The molecule has 14 heavy (non-hydrogen) atoms. The lowest BCUT2D eigenvalue weighted by molar-refractivity contribution is 0.302. The SMILES string of the molecule is COc1ncc(Br)cc1SNCCO. The molecule has 0 aliphatic carbocycles. The first kappa shape index (κ1) is 11.8. The maximum Gasteiger partial charge on any atom is 0.228 e. The molecule has 0 amide bonds. The van der Waals surface area contributed by atoms with Gasteiger partial charge in [0.15, 0.2) is 0 Å². The molecule has 4 nitrogen and oxygen atoms in total. The highest BCUT2D eigenvalue weighted by Crippen LogP contribution is 2.27. The van der Waals surface area contributed by atoms with E-state index in [0.717, 1.165) is 9.37 Å². The summed E-state index contributed by atoms with van der Waals surface area (Å²) in [5.41, 5.74) is 0. The Labute approximate surface area is 95.3 Å². The number of pyridine rings is 1. The largest absolute Gasteiger partial charge is 0.480 e. The molecule has 1 aromatic heterocycles. The van der Waals surface area contributed by atoms with Crippen LogP contribution < -0.4 is 9.46 Å². The molecule has 0 spiro atoms. The molecular formula is C8H11BrN2O2S. The first-order valence-corrected chi connectivity index (χ1v) is 5.59. The maximum absolute atomic E-state index is 8.59. The molecule has 0 atom stereocenters. The quantitative estimate of drug-likeness (QED) is 0.631. The van der Waals surface area contributed by atoms with Crippen LogP contribution >= 0.6 is 27.9 Å². The third kappa shape index (κ3) is 3.45. The van der Waals surface area contributed by atoms with Crippen molar-refractivity contribution in [2.45, 2.75) is 4.90 Å². The van der Waals surface area contributed by atoms with E-state index in [0.29, 0.717) is 12.4 Å². The van der Waals surface area contributed by atoms with Gasteiger partial charge in [-0.2, -0.15) is 0 Å². The second-order valence-corrected chi connectivity index (χ2v) is 4.23. The van der Waals surface area contributed by atoms with Gasteiger partial charge in [0.1, 0.15) is 0 Å². The molecular weight excluding hydrogens is 268 g/mol. The molecule has 2 N–H and O–H groups in total. The summed E-state index contributed by atoms with van der Waals surface area (Å²) in [7, 11) is 1.58. The van der Waals surface area contributed by atoms with Crippen LogP contribution in [-0.2, 0) is 0 Å². The van der Waals surface area contributed by atoms with Gasteiger partial charge in [0, 0.05) is 17.2 Å². The molecule has 1 rings (SSSR count). The standard InChI is InChI=1S/C8H11BrN2O2S/c1-13-8-7(14-11-2-3-12)4-6(9)5-10-8/h4-5,11-12H,2-3H2,1H3. The Bertz CT molecular complexity index is 299. The second kappa shape index (κ2) is 6.23. The van der Waals surface area contributed by atoms with Crippen molar-refractivity contribution in [2.75, 3.05) is 20.3 Å². The minimum atomic E-state index is 0.108. The van der Waals surface area contributed by atoms with E-state index in [2.05, 4.69) is 25.6 Å². The van der Waals surface area contributed by atoms with Crippen LogP contribution in [-0.4, -0.2) is 30.4 Å². The minimum absolute atomic E-state index is 0.108. The summed E-state index contributed by atoms with van der Waals surface area (Å²) < 4.78 is 8.95. The van der Waals surface area contributed by atoms with E-state index in [1.165, 1.54) is 11.9 Å². The Balaban J connectivity index is 2.67. The maximum atomic E-state index is 8.59. The first-order valence-electron chi connectivity index (χ1n) is 3.98. The zero-order valence-corrected chi connectivity index (χ0v) is 10.1. The van der Waals surface area contributed by atoms with Crippen molar-refractivity contribution in [3.8, 4) is 5.88 Å². The van der Waals surface area contributed by atoms with Gasteiger partial charge in [-0.05, 0) is 33.9 Å². The Morgan fingerprint density at radius 2 is 2.50 bits per heavy atom. The van der Waals surface area contributed by atoms with Crippen molar-refractivity contribution in [2.24, 2.45) is 0 Å². The van der Waals surface area contributed by atoms with Gasteiger partial charge in [-0.25, -0.2) is 4.98 Å². The highest BCUT2D eigenvalue weighted by atomic mass is 79.9. The number of aliphatic hydroxyl groups excluding tert-OH is 1. The van der Waals surface area contributed by atoms with E-state index in [1.54, 1.807) is 13.3 Å². The molecule has 0 aliphatic rings. The van der Waals surface area contributed by atoms with E-state index in [4.69, 9.17) is 9.84 Å². The normalized spacial score (nSPS) is 10.2. The summed E-state index contributed by atoms with van der Waals surface area (Å²) in [5, 5.41) is 8.59. The minimum Gasteiger partial charge on any atom is -0.480 e. The number of nitrogens with one attached hydrogen (secondary N) is 1. The number of hydrogen-bond donors (Lipinski definition) is 2. The summed E-state index contributed by atoms with van der Waals surface area (Å²) in [6.07, 6.45) is 1.68. The smallest absolute Gasteiger partial charge is 0.228 e. The van der Waals surface area contributed by atoms with Gasteiger partial charge in [-0.3, -0.25) is 4.72 Å². The number of hydrogen-bond acceptors (Lipinski definition) is 5. The second-order valence-electron chi connectivity index (χ2n) is 2.38. The number of methoxy groups -OCH3 is 1. The molecule has 1 aromatic rings. The van der Waals surface area contributed by atoms with Crippen LogP contribution in [0.15, 0.2) is 21.6 Å². The molecule has 0 bridgehead atoms. The fraction of sp³-hybridized carbons (Fsp3) is 0.375. The van der Waals surface area contributed by atoms with Crippen LogP contribution in [0.3, 0.4) is 0 Å². The van der Waals surface area contributed by atoms with Crippen LogP contribution in [0.2, 0.25) is 0 Å². The van der Waals surface area contributed by atoms with Crippen LogP contribution in [0, 0.1) is 0 Å². The van der Waals surface area contributed by atoms with E-state index < -0.39 is 0 Å². The van der Waals surface area contributed by atoms with Crippen molar-refractivity contribution in [1.82, 2.24) is 9.71 Å². The number of nitrogens with zero attached hydrogens (tertiary/aromatic N) is 1. The Kier molecular flexibility index (Phi) is 5.24. The molecule has 0 saturated heterocycles. The summed E-state index contributed by atoms with van der Waals surface area (Å²) in [6.45, 7) is 0.636. The van der Waals surface area contributed by atoms with Crippen LogP contribution in [0.25, 0.3) is 0 Å². The zero-order valence-electron chi connectivity index (χ0n) is 7.66. The van der Waals surface area contributed by atoms with Crippen molar-refractivity contribution in [3.63, 3.8) is 0 Å². The van der Waals surface area contributed by atoms with Gasteiger partial charge in [-0.15, -0.1) is 0 Å². The predicted molar refractivity (Wildman–Crippen MR) is 59.4 cm³/mol. The van der Waals surface area contributed by atoms with Gasteiger partial charge in [-0.1, -0.05) is 0 Å². The molecule has 0 fully saturated rings. The molecule has 6 heteroatoms. The summed E-state index contributed by atoms with van der Waals surface area (Å²) in [4.78, 5) is 4.97. The molecule has 0 unspecified atom stereocenters. The topological polar surface area (TPSA) is 54.4 Å². The average molecular weight is 279 g/mol. The van der Waals surface area contributed by atoms with Gasteiger partial charge < -0.3 is 9.84 Å². The Hall–Kier alpha value is -0.300.